The molecule has 2 aromatic rings. The van der Waals surface area contributed by atoms with Crippen molar-refractivity contribution in [1.29, 1.82) is 0 Å². The first-order chi connectivity index (χ1) is 8.16. The van der Waals surface area contributed by atoms with Gasteiger partial charge in [-0.2, -0.15) is 5.10 Å². The maximum atomic E-state index is 10.6. The molecule has 0 aliphatic carbocycles. The van der Waals surface area contributed by atoms with Gasteiger partial charge in [-0.05, 0) is 25.1 Å². The fourth-order valence-electron chi connectivity index (χ4n) is 1.47. The lowest BCUT2D eigenvalue weighted by atomic mass is 10.3. The number of aromatic nitrogens is 2. The van der Waals surface area contributed by atoms with Crippen molar-refractivity contribution >= 4 is 17.7 Å². The molecule has 0 amide bonds. The normalized spacial score (nSPS) is 10.4. The molecular weight excluding hydrogens is 236 g/mol. The van der Waals surface area contributed by atoms with Crippen LogP contribution in [0.15, 0.2) is 41.4 Å². The van der Waals surface area contributed by atoms with E-state index in [1.807, 2.05) is 43.3 Å². The number of rotatable bonds is 4. The molecule has 1 N–H and O–H groups in total. The molecule has 0 aliphatic heterocycles. The summed E-state index contributed by atoms with van der Waals surface area (Å²) in [6, 6.07) is 11.6. The lowest BCUT2D eigenvalue weighted by molar-refractivity contribution is -0.133. The summed E-state index contributed by atoms with van der Waals surface area (Å²) in [6.45, 7) is 1.89. The predicted octanol–water partition coefficient (Wildman–Crippen LogP) is 2.36. The van der Waals surface area contributed by atoms with E-state index >= 15 is 0 Å². The van der Waals surface area contributed by atoms with Gasteiger partial charge in [0.1, 0.15) is 5.03 Å². The van der Waals surface area contributed by atoms with E-state index in [-0.39, 0.29) is 5.75 Å². The van der Waals surface area contributed by atoms with Gasteiger partial charge in [-0.25, -0.2) is 4.68 Å². The molecule has 0 atom stereocenters. The maximum absolute atomic E-state index is 10.6. The predicted molar refractivity (Wildman–Crippen MR) is 66.7 cm³/mol. The van der Waals surface area contributed by atoms with E-state index in [1.54, 1.807) is 4.68 Å². The van der Waals surface area contributed by atoms with E-state index in [0.717, 1.165) is 16.4 Å². The van der Waals surface area contributed by atoms with Crippen molar-refractivity contribution in [3.05, 3.63) is 42.1 Å². The van der Waals surface area contributed by atoms with Gasteiger partial charge in [-0.1, -0.05) is 30.0 Å². The van der Waals surface area contributed by atoms with Crippen LogP contribution in [0.2, 0.25) is 0 Å². The van der Waals surface area contributed by atoms with Crippen molar-refractivity contribution in [3.8, 4) is 5.69 Å². The van der Waals surface area contributed by atoms with Gasteiger partial charge in [0.05, 0.1) is 17.1 Å². The Hall–Kier alpha value is -1.75. The summed E-state index contributed by atoms with van der Waals surface area (Å²) in [5.41, 5.74) is 1.82. The average Bonchev–Trinajstić information content (AvgIpc) is 2.69. The van der Waals surface area contributed by atoms with Crippen molar-refractivity contribution in [1.82, 2.24) is 9.78 Å². The second kappa shape index (κ2) is 5.05. The molecule has 2 rings (SSSR count). The first-order valence-corrected chi connectivity index (χ1v) is 6.12. The standard InChI is InChI=1S/C12H12N2O2S/c1-9-7-11(17-8-12(15)16)14(13-9)10-5-3-2-4-6-10/h2-7H,8H2,1H3,(H,15,16). The van der Waals surface area contributed by atoms with Gasteiger partial charge in [0.2, 0.25) is 0 Å². The Kier molecular flexibility index (Phi) is 3.49. The van der Waals surface area contributed by atoms with Crippen molar-refractivity contribution in [2.75, 3.05) is 5.75 Å². The van der Waals surface area contributed by atoms with Gasteiger partial charge in [0.15, 0.2) is 0 Å². The lowest BCUT2D eigenvalue weighted by Crippen LogP contribution is -2.02. The van der Waals surface area contributed by atoms with Crippen LogP contribution in [-0.4, -0.2) is 26.6 Å². The summed E-state index contributed by atoms with van der Waals surface area (Å²) in [4.78, 5) is 10.6. The van der Waals surface area contributed by atoms with Crippen molar-refractivity contribution in [2.24, 2.45) is 0 Å². The molecule has 0 aliphatic rings. The number of hydrogen-bond donors (Lipinski definition) is 1. The molecular formula is C12H12N2O2S. The Labute approximate surface area is 103 Å². The molecule has 0 unspecified atom stereocenters. The summed E-state index contributed by atoms with van der Waals surface area (Å²) in [7, 11) is 0. The van der Waals surface area contributed by atoms with E-state index < -0.39 is 5.97 Å². The van der Waals surface area contributed by atoms with Gasteiger partial charge in [0.25, 0.3) is 0 Å². The molecule has 5 heteroatoms. The van der Waals surface area contributed by atoms with E-state index in [2.05, 4.69) is 5.10 Å². The molecule has 1 aromatic carbocycles. The molecule has 0 bridgehead atoms. The molecule has 0 radical (unpaired) electrons. The van der Waals surface area contributed by atoms with Crippen LogP contribution in [0.5, 0.6) is 0 Å². The second-order valence-corrected chi connectivity index (χ2v) is 4.55. The highest BCUT2D eigenvalue weighted by molar-refractivity contribution is 7.99. The van der Waals surface area contributed by atoms with Crippen LogP contribution in [0.3, 0.4) is 0 Å². The van der Waals surface area contributed by atoms with Gasteiger partial charge in [-0.15, -0.1) is 0 Å². The van der Waals surface area contributed by atoms with E-state index in [0.29, 0.717) is 0 Å². The second-order valence-electron chi connectivity index (χ2n) is 3.55. The highest BCUT2D eigenvalue weighted by atomic mass is 32.2. The van der Waals surface area contributed by atoms with E-state index in [1.165, 1.54) is 11.8 Å². The first kappa shape index (κ1) is 11.7. The Morgan fingerprint density at radius 3 is 2.76 bits per heavy atom. The number of benzene rings is 1. The summed E-state index contributed by atoms with van der Waals surface area (Å²) >= 11 is 1.27. The number of carboxylic acids is 1. The zero-order chi connectivity index (χ0) is 12.3. The third-order valence-electron chi connectivity index (χ3n) is 2.14. The van der Waals surface area contributed by atoms with Crippen molar-refractivity contribution in [2.45, 2.75) is 11.9 Å². The Balaban J connectivity index is 2.31. The molecule has 0 saturated heterocycles. The number of hydrogen-bond acceptors (Lipinski definition) is 3. The third-order valence-corrected chi connectivity index (χ3v) is 3.12. The highest BCUT2D eigenvalue weighted by Crippen LogP contribution is 2.22. The molecule has 0 fully saturated rings. The van der Waals surface area contributed by atoms with Crippen LogP contribution < -0.4 is 0 Å². The largest absolute Gasteiger partial charge is 0.481 e. The first-order valence-electron chi connectivity index (χ1n) is 5.13. The highest BCUT2D eigenvalue weighted by Gasteiger charge is 2.09. The van der Waals surface area contributed by atoms with Gasteiger partial charge < -0.3 is 5.11 Å². The third kappa shape index (κ3) is 2.88. The fourth-order valence-corrected chi connectivity index (χ4v) is 2.26. The van der Waals surface area contributed by atoms with Crippen LogP contribution in [-0.2, 0) is 4.79 Å². The molecule has 88 valence electrons. The zero-order valence-electron chi connectivity index (χ0n) is 9.33. The van der Waals surface area contributed by atoms with Crippen molar-refractivity contribution < 1.29 is 9.90 Å². The molecule has 1 aromatic heterocycles. The topological polar surface area (TPSA) is 55.1 Å². The van der Waals surface area contributed by atoms with Crippen LogP contribution >= 0.6 is 11.8 Å². The Morgan fingerprint density at radius 2 is 2.12 bits per heavy atom. The van der Waals surface area contributed by atoms with Gasteiger partial charge >= 0.3 is 5.97 Å². The summed E-state index contributed by atoms with van der Waals surface area (Å²) in [5, 5.41) is 13.9. The molecule has 1 heterocycles. The average molecular weight is 248 g/mol. The number of thioether (sulfide) groups is 1. The molecule has 0 spiro atoms. The number of aryl methyl sites for hydroxylation is 1. The quantitative estimate of drug-likeness (QED) is 0.844. The van der Waals surface area contributed by atoms with E-state index in [9.17, 15) is 4.79 Å². The number of carboxylic acid groups (broad SMARTS) is 1. The number of nitrogens with zero attached hydrogens (tertiary/aromatic N) is 2. The SMILES string of the molecule is Cc1cc(SCC(=O)O)n(-c2ccccc2)n1. The minimum absolute atomic E-state index is 0.0396. The number of aliphatic carboxylic acids is 1. The minimum atomic E-state index is -0.825. The Morgan fingerprint density at radius 1 is 1.41 bits per heavy atom. The van der Waals surface area contributed by atoms with Gasteiger partial charge in [-0.3, -0.25) is 4.79 Å². The minimum Gasteiger partial charge on any atom is -0.481 e. The molecule has 17 heavy (non-hydrogen) atoms. The van der Waals surface area contributed by atoms with Crippen LogP contribution in [0.25, 0.3) is 5.69 Å². The summed E-state index contributed by atoms with van der Waals surface area (Å²) in [6.07, 6.45) is 0. The molecule has 0 saturated carbocycles. The number of para-hydroxylation sites is 1. The van der Waals surface area contributed by atoms with Crippen LogP contribution in [0.1, 0.15) is 5.69 Å². The molecule has 4 nitrogen and oxygen atoms in total. The smallest absolute Gasteiger partial charge is 0.313 e. The maximum Gasteiger partial charge on any atom is 0.313 e. The lowest BCUT2D eigenvalue weighted by Gasteiger charge is -2.05. The van der Waals surface area contributed by atoms with Gasteiger partial charge in [0, 0.05) is 0 Å². The zero-order valence-corrected chi connectivity index (χ0v) is 10.1. The van der Waals surface area contributed by atoms with Crippen molar-refractivity contribution in [3.63, 3.8) is 0 Å². The monoisotopic (exact) mass is 248 g/mol. The van der Waals surface area contributed by atoms with Crippen LogP contribution in [0, 0.1) is 6.92 Å². The van der Waals surface area contributed by atoms with E-state index in [4.69, 9.17) is 5.11 Å². The Bertz CT molecular complexity index is 523. The van der Waals surface area contributed by atoms with Crippen LogP contribution in [0.4, 0.5) is 0 Å². The summed E-state index contributed by atoms with van der Waals surface area (Å²) in [5.74, 6) is -0.786. The fraction of sp³-hybridized carbons (Fsp3) is 0.167. The summed E-state index contributed by atoms with van der Waals surface area (Å²) < 4.78 is 1.77. The number of carbonyl (C=O) groups is 1.